The minimum Gasteiger partial charge on any atom is -0.481 e. The van der Waals surface area contributed by atoms with Gasteiger partial charge in [-0.05, 0) is 58.2 Å². The number of likely N-dealkylation sites (N-methyl/N-ethyl adjacent to an activating group) is 1. The van der Waals surface area contributed by atoms with E-state index in [1.807, 2.05) is 0 Å². The van der Waals surface area contributed by atoms with Gasteiger partial charge in [0.2, 0.25) is 0 Å². The number of carboxylic acid groups (broad SMARTS) is 1. The molecule has 1 heterocycles. The highest BCUT2D eigenvalue weighted by Crippen LogP contribution is 2.33. The Morgan fingerprint density at radius 3 is 2.60 bits per heavy atom. The summed E-state index contributed by atoms with van der Waals surface area (Å²) >= 11 is 0. The first kappa shape index (κ1) is 15.8. The maximum atomic E-state index is 11.5. The van der Waals surface area contributed by atoms with Crippen molar-refractivity contribution in [2.45, 2.75) is 51.5 Å². The van der Waals surface area contributed by atoms with Crippen molar-refractivity contribution in [1.82, 2.24) is 9.80 Å². The lowest BCUT2D eigenvalue weighted by Gasteiger charge is -2.39. The molecule has 4 heteroatoms. The number of hydrogen-bond acceptors (Lipinski definition) is 3. The zero-order valence-corrected chi connectivity index (χ0v) is 13.1. The second-order valence-electron chi connectivity index (χ2n) is 6.63. The molecule has 1 N–H and O–H groups in total. The highest BCUT2D eigenvalue weighted by molar-refractivity contribution is 5.71. The maximum Gasteiger partial charge on any atom is 0.308 e. The third kappa shape index (κ3) is 3.95. The monoisotopic (exact) mass is 282 g/mol. The van der Waals surface area contributed by atoms with Gasteiger partial charge in [-0.2, -0.15) is 0 Å². The summed E-state index contributed by atoms with van der Waals surface area (Å²) in [6, 6.07) is 0.230. The molecule has 2 fully saturated rings. The number of nitrogens with zero attached hydrogens (tertiary/aromatic N) is 2. The molecule has 20 heavy (non-hydrogen) atoms. The van der Waals surface area contributed by atoms with Gasteiger partial charge in [0.1, 0.15) is 0 Å². The Morgan fingerprint density at radius 1 is 1.30 bits per heavy atom. The van der Waals surface area contributed by atoms with E-state index in [2.05, 4.69) is 23.8 Å². The molecule has 3 unspecified atom stereocenters. The second-order valence-corrected chi connectivity index (χ2v) is 6.63. The van der Waals surface area contributed by atoms with Crippen LogP contribution in [-0.4, -0.2) is 60.1 Å². The summed E-state index contributed by atoms with van der Waals surface area (Å²) in [4.78, 5) is 16.3. The lowest BCUT2D eigenvalue weighted by atomic mass is 9.76. The van der Waals surface area contributed by atoms with Gasteiger partial charge >= 0.3 is 5.97 Å². The van der Waals surface area contributed by atoms with Crippen molar-refractivity contribution in [3.8, 4) is 0 Å². The molecule has 0 aromatic carbocycles. The second kappa shape index (κ2) is 7.41. The molecule has 4 nitrogen and oxygen atoms in total. The van der Waals surface area contributed by atoms with E-state index >= 15 is 0 Å². The van der Waals surface area contributed by atoms with Crippen LogP contribution in [0.2, 0.25) is 0 Å². The first-order valence-electron chi connectivity index (χ1n) is 8.27. The molecule has 0 radical (unpaired) electrons. The Kier molecular flexibility index (Phi) is 5.85. The standard InChI is InChI=1S/C16H30N2O2/c1-3-13-6-7-14(16(19)20)15(12-13)17(2)10-11-18-8-4-5-9-18/h13-15H,3-12H2,1-2H3,(H,19,20). The van der Waals surface area contributed by atoms with Crippen LogP contribution in [0.4, 0.5) is 0 Å². The number of rotatable bonds is 6. The predicted octanol–water partition coefficient (Wildman–Crippen LogP) is 2.29. The van der Waals surface area contributed by atoms with E-state index in [1.54, 1.807) is 0 Å². The molecule has 1 aliphatic heterocycles. The Hall–Kier alpha value is -0.610. The molecule has 0 spiro atoms. The van der Waals surface area contributed by atoms with Gasteiger partial charge < -0.3 is 14.9 Å². The van der Waals surface area contributed by atoms with Gasteiger partial charge in [0.25, 0.3) is 0 Å². The summed E-state index contributed by atoms with van der Waals surface area (Å²) in [7, 11) is 2.12. The van der Waals surface area contributed by atoms with Crippen LogP contribution in [0.15, 0.2) is 0 Å². The van der Waals surface area contributed by atoms with Gasteiger partial charge in [-0.1, -0.05) is 13.3 Å². The number of carboxylic acids is 1. The summed E-state index contributed by atoms with van der Waals surface area (Å²) < 4.78 is 0. The quantitative estimate of drug-likeness (QED) is 0.812. The molecular formula is C16H30N2O2. The first-order chi connectivity index (χ1) is 9.61. The molecule has 0 aromatic rings. The lowest BCUT2D eigenvalue weighted by Crippen LogP contribution is -2.47. The van der Waals surface area contributed by atoms with Crippen LogP contribution < -0.4 is 0 Å². The Bertz CT molecular complexity index is 316. The van der Waals surface area contributed by atoms with Crippen LogP contribution in [0.5, 0.6) is 0 Å². The average Bonchev–Trinajstić information content (AvgIpc) is 2.97. The fourth-order valence-corrected chi connectivity index (χ4v) is 3.85. The Labute approximate surface area is 123 Å². The van der Waals surface area contributed by atoms with Gasteiger partial charge in [-0.25, -0.2) is 0 Å². The van der Waals surface area contributed by atoms with E-state index < -0.39 is 5.97 Å². The molecule has 1 saturated carbocycles. The zero-order chi connectivity index (χ0) is 14.5. The van der Waals surface area contributed by atoms with Crippen LogP contribution in [0, 0.1) is 11.8 Å². The van der Waals surface area contributed by atoms with Crippen LogP contribution in [0.1, 0.15) is 45.4 Å². The van der Waals surface area contributed by atoms with Gasteiger partial charge in [-0.3, -0.25) is 4.79 Å². The number of likely N-dealkylation sites (tertiary alicyclic amines) is 1. The van der Waals surface area contributed by atoms with Crippen LogP contribution >= 0.6 is 0 Å². The number of carbonyl (C=O) groups is 1. The van der Waals surface area contributed by atoms with Gasteiger partial charge in [-0.15, -0.1) is 0 Å². The molecule has 2 aliphatic rings. The molecule has 0 amide bonds. The first-order valence-corrected chi connectivity index (χ1v) is 8.27. The molecule has 3 atom stereocenters. The molecule has 0 aromatic heterocycles. The van der Waals surface area contributed by atoms with E-state index in [-0.39, 0.29) is 12.0 Å². The summed E-state index contributed by atoms with van der Waals surface area (Å²) in [5, 5.41) is 9.46. The minimum atomic E-state index is -0.599. The fourth-order valence-electron chi connectivity index (χ4n) is 3.85. The van der Waals surface area contributed by atoms with Gasteiger partial charge in [0, 0.05) is 19.1 Å². The summed E-state index contributed by atoms with van der Waals surface area (Å²) in [5.74, 6) is -0.0520. The topological polar surface area (TPSA) is 43.8 Å². The van der Waals surface area contributed by atoms with Crippen molar-refractivity contribution in [3.63, 3.8) is 0 Å². The van der Waals surface area contributed by atoms with Crippen molar-refractivity contribution in [2.24, 2.45) is 11.8 Å². The molecule has 0 bridgehead atoms. The van der Waals surface area contributed by atoms with E-state index in [4.69, 9.17) is 0 Å². The molecular weight excluding hydrogens is 252 g/mol. The van der Waals surface area contributed by atoms with Crippen LogP contribution in [0.3, 0.4) is 0 Å². The van der Waals surface area contributed by atoms with Crippen molar-refractivity contribution >= 4 is 5.97 Å². The summed E-state index contributed by atoms with van der Waals surface area (Å²) in [6.07, 6.45) is 6.83. The van der Waals surface area contributed by atoms with Crippen molar-refractivity contribution < 1.29 is 9.90 Å². The highest BCUT2D eigenvalue weighted by Gasteiger charge is 2.36. The fraction of sp³-hybridized carbons (Fsp3) is 0.938. The SMILES string of the molecule is CCC1CCC(C(=O)O)C(N(C)CCN2CCCC2)C1. The third-order valence-electron chi connectivity index (χ3n) is 5.35. The van der Waals surface area contributed by atoms with E-state index in [0.717, 1.165) is 32.4 Å². The largest absolute Gasteiger partial charge is 0.481 e. The zero-order valence-electron chi connectivity index (χ0n) is 13.1. The lowest BCUT2D eigenvalue weighted by molar-refractivity contribution is -0.146. The van der Waals surface area contributed by atoms with Gasteiger partial charge in [0.05, 0.1) is 5.92 Å². The molecule has 1 saturated heterocycles. The predicted molar refractivity (Wildman–Crippen MR) is 80.8 cm³/mol. The Morgan fingerprint density at radius 2 is 2.00 bits per heavy atom. The molecule has 2 rings (SSSR count). The van der Waals surface area contributed by atoms with Crippen LogP contribution in [-0.2, 0) is 4.79 Å². The van der Waals surface area contributed by atoms with Crippen LogP contribution in [0.25, 0.3) is 0 Å². The Balaban J connectivity index is 1.88. The van der Waals surface area contributed by atoms with Crippen molar-refractivity contribution in [3.05, 3.63) is 0 Å². The van der Waals surface area contributed by atoms with E-state index in [9.17, 15) is 9.90 Å². The van der Waals surface area contributed by atoms with Gasteiger partial charge in [0.15, 0.2) is 0 Å². The van der Waals surface area contributed by atoms with Crippen molar-refractivity contribution in [1.29, 1.82) is 0 Å². The smallest absolute Gasteiger partial charge is 0.308 e. The maximum absolute atomic E-state index is 11.5. The minimum absolute atomic E-state index is 0.165. The third-order valence-corrected chi connectivity index (χ3v) is 5.35. The summed E-state index contributed by atoms with van der Waals surface area (Å²) in [5.41, 5.74) is 0. The normalized spacial score (nSPS) is 31.9. The highest BCUT2D eigenvalue weighted by atomic mass is 16.4. The molecule has 116 valence electrons. The summed E-state index contributed by atoms with van der Waals surface area (Å²) in [6.45, 7) is 6.77. The average molecular weight is 282 g/mol. The van der Waals surface area contributed by atoms with Crippen molar-refractivity contribution in [2.75, 3.05) is 33.2 Å². The van der Waals surface area contributed by atoms with E-state index in [1.165, 1.54) is 32.4 Å². The number of aliphatic carboxylic acids is 1. The van der Waals surface area contributed by atoms with E-state index in [0.29, 0.717) is 5.92 Å². The molecule has 1 aliphatic carbocycles. The number of hydrogen-bond donors (Lipinski definition) is 1.